The molecular formula is C15H20F2N2O. The molecule has 2 unspecified atom stereocenters. The SMILES string of the molecule is CCCN1C(=O)CCCC(N)C1c1ccc(F)c(F)c1. The molecule has 110 valence electrons. The van der Waals surface area contributed by atoms with Crippen molar-refractivity contribution in [1.29, 1.82) is 0 Å². The molecule has 0 spiro atoms. The third kappa shape index (κ3) is 2.98. The number of rotatable bonds is 3. The van der Waals surface area contributed by atoms with Gasteiger partial charge in [-0.25, -0.2) is 8.78 Å². The van der Waals surface area contributed by atoms with E-state index in [1.165, 1.54) is 6.07 Å². The summed E-state index contributed by atoms with van der Waals surface area (Å²) in [6, 6.07) is 3.14. The first kappa shape index (κ1) is 14.9. The van der Waals surface area contributed by atoms with E-state index in [0.717, 1.165) is 25.0 Å². The van der Waals surface area contributed by atoms with Crippen LogP contribution in [-0.2, 0) is 4.79 Å². The second kappa shape index (κ2) is 6.31. The largest absolute Gasteiger partial charge is 0.334 e. The fourth-order valence-corrected chi connectivity index (χ4v) is 2.80. The van der Waals surface area contributed by atoms with Crippen LogP contribution in [0.15, 0.2) is 18.2 Å². The van der Waals surface area contributed by atoms with E-state index in [0.29, 0.717) is 24.9 Å². The molecule has 5 heteroatoms. The lowest BCUT2D eigenvalue weighted by Gasteiger charge is -2.34. The van der Waals surface area contributed by atoms with E-state index in [2.05, 4.69) is 0 Å². The summed E-state index contributed by atoms with van der Waals surface area (Å²) in [5.41, 5.74) is 6.74. The second-order valence-corrected chi connectivity index (χ2v) is 5.26. The van der Waals surface area contributed by atoms with Gasteiger partial charge in [0.05, 0.1) is 6.04 Å². The number of amides is 1. The average Bonchev–Trinajstić information content (AvgIpc) is 2.54. The Labute approximate surface area is 117 Å². The van der Waals surface area contributed by atoms with Gasteiger partial charge in [-0.15, -0.1) is 0 Å². The molecule has 1 aromatic carbocycles. The van der Waals surface area contributed by atoms with Gasteiger partial charge in [0.2, 0.25) is 5.91 Å². The number of carbonyl (C=O) groups is 1. The smallest absolute Gasteiger partial charge is 0.223 e. The van der Waals surface area contributed by atoms with Crippen molar-refractivity contribution in [3.63, 3.8) is 0 Å². The Hall–Kier alpha value is -1.49. The number of benzene rings is 1. The van der Waals surface area contributed by atoms with Crippen molar-refractivity contribution in [1.82, 2.24) is 4.90 Å². The van der Waals surface area contributed by atoms with E-state index < -0.39 is 11.6 Å². The lowest BCUT2D eigenvalue weighted by molar-refractivity contribution is -0.133. The highest BCUT2D eigenvalue weighted by molar-refractivity contribution is 5.77. The van der Waals surface area contributed by atoms with Crippen molar-refractivity contribution in [2.24, 2.45) is 5.73 Å². The van der Waals surface area contributed by atoms with Crippen LogP contribution in [0.5, 0.6) is 0 Å². The lowest BCUT2D eigenvalue weighted by Crippen LogP contribution is -2.42. The molecular weight excluding hydrogens is 262 g/mol. The van der Waals surface area contributed by atoms with Gasteiger partial charge < -0.3 is 10.6 Å². The van der Waals surface area contributed by atoms with Crippen molar-refractivity contribution < 1.29 is 13.6 Å². The molecule has 3 nitrogen and oxygen atoms in total. The zero-order chi connectivity index (χ0) is 14.7. The average molecular weight is 282 g/mol. The Morgan fingerprint density at radius 3 is 2.75 bits per heavy atom. The molecule has 0 aromatic heterocycles. The standard InChI is InChI=1S/C15H20F2N2O/c1-2-8-19-14(20)5-3-4-13(18)15(19)10-6-7-11(16)12(17)9-10/h6-7,9,13,15H,2-5,8,18H2,1H3. The van der Waals surface area contributed by atoms with Gasteiger partial charge >= 0.3 is 0 Å². The maximum absolute atomic E-state index is 13.5. The minimum atomic E-state index is -0.900. The van der Waals surface area contributed by atoms with Crippen molar-refractivity contribution in [3.8, 4) is 0 Å². The van der Waals surface area contributed by atoms with Crippen molar-refractivity contribution >= 4 is 5.91 Å². The van der Waals surface area contributed by atoms with Gasteiger partial charge in [-0.1, -0.05) is 13.0 Å². The van der Waals surface area contributed by atoms with E-state index in [4.69, 9.17) is 5.73 Å². The van der Waals surface area contributed by atoms with Gasteiger partial charge in [-0.3, -0.25) is 4.79 Å². The molecule has 0 aliphatic carbocycles. The van der Waals surface area contributed by atoms with Gasteiger partial charge in [-0.2, -0.15) is 0 Å². The highest BCUT2D eigenvalue weighted by Gasteiger charge is 2.32. The van der Waals surface area contributed by atoms with Crippen LogP contribution in [0, 0.1) is 11.6 Å². The van der Waals surface area contributed by atoms with Crippen molar-refractivity contribution in [3.05, 3.63) is 35.4 Å². The summed E-state index contributed by atoms with van der Waals surface area (Å²) in [4.78, 5) is 13.9. The number of halogens is 2. The van der Waals surface area contributed by atoms with Crippen LogP contribution >= 0.6 is 0 Å². The van der Waals surface area contributed by atoms with E-state index in [9.17, 15) is 13.6 Å². The highest BCUT2D eigenvalue weighted by atomic mass is 19.2. The van der Waals surface area contributed by atoms with Crippen molar-refractivity contribution in [2.75, 3.05) is 6.54 Å². The third-order valence-corrected chi connectivity index (χ3v) is 3.74. The Morgan fingerprint density at radius 1 is 1.35 bits per heavy atom. The third-order valence-electron chi connectivity index (χ3n) is 3.74. The summed E-state index contributed by atoms with van der Waals surface area (Å²) in [6.07, 6.45) is 2.71. The molecule has 1 fully saturated rings. The fraction of sp³-hybridized carbons (Fsp3) is 0.533. The van der Waals surface area contributed by atoms with Crippen LogP contribution in [-0.4, -0.2) is 23.4 Å². The minimum absolute atomic E-state index is 0.0366. The summed E-state index contributed by atoms with van der Waals surface area (Å²) in [5.74, 6) is -1.75. The molecule has 1 saturated heterocycles. The lowest BCUT2D eigenvalue weighted by atomic mass is 9.96. The van der Waals surface area contributed by atoms with Gasteiger partial charge in [-0.05, 0) is 37.0 Å². The van der Waals surface area contributed by atoms with Crippen LogP contribution in [0.2, 0.25) is 0 Å². The summed E-state index contributed by atoms with van der Waals surface area (Å²) in [6.45, 7) is 2.56. The molecule has 0 radical (unpaired) electrons. The maximum atomic E-state index is 13.5. The van der Waals surface area contributed by atoms with Crippen LogP contribution in [0.25, 0.3) is 0 Å². The first-order valence-electron chi connectivity index (χ1n) is 7.04. The number of carbonyl (C=O) groups excluding carboxylic acids is 1. The first-order valence-corrected chi connectivity index (χ1v) is 7.04. The Morgan fingerprint density at radius 2 is 2.10 bits per heavy atom. The molecule has 0 saturated carbocycles. The van der Waals surface area contributed by atoms with Gasteiger partial charge in [0.1, 0.15) is 0 Å². The van der Waals surface area contributed by atoms with E-state index in [-0.39, 0.29) is 18.0 Å². The van der Waals surface area contributed by atoms with Crippen LogP contribution in [0.3, 0.4) is 0 Å². The first-order chi connectivity index (χ1) is 9.54. The van der Waals surface area contributed by atoms with Crippen molar-refractivity contribution in [2.45, 2.75) is 44.7 Å². The topological polar surface area (TPSA) is 46.3 Å². The molecule has 1 heterocycles. The van der Waals surface area contributed by atoms with E-state index >= 15 is 0 Å². The number of hydrogen-bond acceptors (Lipinski definition) is 2. The van der Waals surface area contributed by atoms with E-state index in [1.54, 1.807) is 4.90 Å². The maximum Gasteiger partial charge on any atom is 0.223 e. The highest BCUT2D eigenvalue weighted by Crippen LogP contribution is 2.31. The number of likely N-dealkylation sites (tertiary alicyclic amines) is 1. The van der Waals surface area contributed by atoms with Gasteiger partial charge in [0.25, 0.3) is 0 Å². The van der Waals surface area contributed by atoms with E-state index in [1.807, 2.05) is 6.92 Å². The Kier molecular flexibility index (Phi) is 4.70. The molecule has 2 N–H and O–H groups in total. The predicted octanol–water partition coefficient (Wildman–Crippen LogP) is 2.76. The number of nitrogens with two attached hydrogens (primary N) is 1. The summed E-state index contributed by atoms with van der Waals surface area (Å²) in [5, 5.41) is 0. The van der Waals surface area contributed by atoms with Crippen LogP contribution in [0.1, 0.15) is 44.2 Å². The monoisotopic (exact) mass is 282 g/mol. The summed E-state index contributed by atoms with van der Waals surface area (Å²) in [7, 11) is 0. The normalized spacial score (nSPS) is 23.8. The minimum Gasteiger partial charge on any atom is -0.334 e. The van der Waals surface area contributed by atoms with Gasteiger partial charge in [0.15, 0.2) is 11.6 Å². The number of nitrogens with zero attached hydrogens (tertiary/aromatic N) is 1. The molecule has 2 atom stereocenters. The van der Waals surface area contributed by atoms with Crippen LogP contribution < -0.4 is 5.73 Å². The molecule has 1 aromatic rings. The Balaban J connectivity index is 2.40. The number of hydrogen-bond donors (Lipinski definition) is 1. The quantitative estimate of drug-likeness (QED) is 0.926. The predicted molar refractivity (Wildman–Crippen MR) is 72.9 cm³/mol. The molecule has 1 aliphatic rings. The fourth-order valence-electron chi connectivity index (χ4n) is 2.80. The molecule has 20 heavy (non-hydrogen) atoms. The Bertz CT molecular complexity index is 493. The zero-order valence-corrected chi connectivity index (χ0v) is 11.6. The summed E-state index contributed by atoms with van der Waals surface area (Å²) < 4.78 is 26.5. The van der Waals surface area contributed by atoms with Crippen LogP contribution in [0.4, 0.5) is 8.78 Å². The second-order valence-electron chi connectivity index (χ2n) is 5.26. The summed E-state index contributed by atoms with van der Waals surface area (Å²) >= 11 is 0. The molecule has 2 rings (SSSR count). The molecule has 1 amide bonds. The molecule has 0 bridgehead atoms. The molecule has 1 aliphatic heterocycles. The van der Waals surface area contributed by atoms with Gasteiger partial charge in [0, 0.05) is 19.0 Å². The zero-order valence-electron chi connectivity index (χ0n) is 11.6.